The molecule has 1 rings (SSSR count). The van der Waals surface area contributed by atoms with Crippen LogP contribution in [0.25, 0.3) is 0 Å². The lowest BCUT2D eigenvalue weighted by atomic mass is 9.79. The predicted molar refractivity (Wildman–Crippen MR) is 99.2 cm³/mol. The molecule has 1 fully saturated rings. The fourth-order valence-corrected chi connectivity index (χ4v) is 2.82. The number of carboxylic acid groups (broad SMARTS) is 1. The van der Waals surface area contributed by atoms with Crippen molar-refractivity contribution >= 4 is 23.9 Å². The van der Waals surface area contributed by atoms with Gasteiger partial charge in [-0.15, -0.1) is 0 Å². The second kappa shape index (κ2) is 10.8. The molecule has 1 aliphatic rings. The quantitative estimate of drug-likeness (QED) is 0.339. The molecule has 0 aromatic rings. The standard InChI is InChI=1S/C20H30O8/c1-5-16(21)26-11-13(12-27-19(25)20(3,4)6-2)28-18(24)15-10-8-7-9-14(15)17(22)23/h5,13-15H,1,6-12H2,2-4H3,(H,22,23). The fraction of sp³-hybridized carbons (Fsp3) is 0.700. The van der Waals surface area contributed by atoms with Crippen LogP contribution in [-0.2, 0) is 33.4 Å². The van der Waals surface area contributed by atoms with Gasteiger partial charge >= 0.3 is 23.9 Å². The first-order chi connectivity index (χ1) is 13.1. The van der Waals surface area contributed by atoms with Crippen LogP contribution in [0.5, 0.6) is 0 Å². The van der Waals surface area contributed by atoms with Crippen LogP contribution < -0.4 is 0 Å². The average molecular weight is 398 g/mol. The predicted octanol–water partition coefficient (Wildman–Crippen LogP) is 2.50. The van der Waals surface area contributed by atoms with E-state index >= 15 is 0 Å². The summed E-state index contributed by atoms with van der Waals surface area (Å²) in [5.41, 5.74) is -0.704. The molecule has 0 aliphatic heterocycles. The molecule has 8 heteroatoms. The molecule has 158 valence electrons. The lowest BCUT2D eigenvalue weighted by molar-refractivity contribution is -0.175. The number of hydrogen-bond acceptors (Lipinski definition) is 7. The van der Waals surface area contributed by atoms with Gasteiger partial charge in [-0.2, -0.15) is 0 Å². The van der Waals surface area contributed by atoms with Gasteiger partial charge in [-0.1, -0.05) is 26.3 Å². The van der Waals surface area contributed by atoms with Gasteiger partial charge in [-0.3, -0.25) is 14.4 Å². The summed E-state index contributed by atoms with van der Waals surface area (Å²) < 4.78 is 15.5. The monoisotopic (exact) mass is 398 g/mol. The molecule has 0 heterocycles. The number of hydrogen-bond donors (Lipinski definition) is 1. The molecule has 0 saturated heterocycles. The molecule has 0 aromatic carbocycles. The van der Waals surface area contributed by atoms with Crippen molar-refractivity contribution in [1.29, 1.82) is 0 Å². The summed E-state index contributed by atoms with van der Waals surface area (Å²) in [5, 5.41) is 9.34. The van der Waals surface area contributed by atoms with Crippen molar-refractivity contribution in [3.8, 4) is 0 Å². The van der Waals surface area contributed by atoms with E-state index in [1.807, 2.05) is 6.92 Å². The molecule has 0 amide bonds. The number of carboxylic acids is 1. The SMILES string of the molecule is C=CC(=O)OCC(COC(=O)C(C)(C)CC)OC(=O)C1CCCCC1C(=O)O. The van der Waals surface area contributed by atoms with Gasteiger partial charge in [0.25, 0.3) is 0 Å². The maximum atomic E-state index is 12.5. The van der Waals surface area contributed by atoms with Crippen LogP contribution >= 0.6 is 0 Å². The summed E-state index contributed by atoms with van der Waals surface area (Å²) in [6.07, 6.45) is 2.80. The molecular formula is C20H30O8. The Morgan fingerprint density at radius 1 is 1.11 bits per heavy atom. The summed E-state index contributed by atoms with van der Waals surface area (Å²) >= 11 is 0. The van der Waals surface area contributed by atoms with Crippen LogP contribution in [0.2, 0.25) is 0 Å². The van der Waals surface area contributed by atoms with Crippen LogP contribution in [0.3, 0.4) is 0 Å². The van der Waals surface area contributed by atoms with Crippen molar-refractivity contribution in [1.82, 2.24) is 0 Å². The molecule has 28 heavy (non-hydrogen) atoms. The maximum Gasteiger partial charge on any atom is 0.330 e. The van der Waals surface area contributed by atoms with E-state index in [-0.39, 0.29) is 13.2 Å². The Bertz CT molecular complexity index is 595. The van der Waals surface area contributed by atoms with E-state index in [1.165, 1.54) is 0 Å². The number of carbonyl (C=O) groups excluding carboxylic acids is 3. The van der Waals surface area contributed by atoms with Crippen molar-refractivity contribution in [2.75, 3.05) is 13.2 Å². The average Bonchev–Trinajstić information content (AvgIpc) is 2.68. The third-order valence-corrected chi connectivity index (χ3v) is 5.08. The van der Waals surface area contributed by atoms with Gasteiger partial charge < -0.3 is 19.3 Å². The van der Waals surface area contributed by atoms with E-state index in [4.69, 9.17) is 14.2 Å². The smallest absolute Gasteiger partial charge is 0.330 e. The Balaban J connectivity index is 2.78. The van der Waals surface area contributed by atoms with Crippen molar-refractivity contribution in [3.63, 3.8) is 0 Å². The molecule has 1 N–H and O–H groups in total. The van der Waals surface area contributed by atoms with E-state index < -0.39 is 47.2 Å². The van der Waals surface area contributed by atoms with Gasteiger partial charge in [-0.05, 0) is 33.1 Å². The van der Waals surface area contributed by atoms with Gasteiger partial charge in [0, 0.05) is 6.08 Å². The molecule has 0 spiro atoms. The summed E-state index contributed by atoms with van der Waals surface area (Å²) in [6, 6.07) is 0. The van der Waals surface area contributed by atoms with Crippen molar-refractivity contribution in [3.05, 3.63) is 12.7 Å². The highest BCUT2D eigenvalue weighted by Crippen LogP contribution is 2.31. The highest BCUT2D eigenvalue weighted by atomic mass is 16.6. The van der Waals surface area contributed by atoms with E-state index in [0.717, 1.165) is 18.9 Å². The number of ether oxygens (including phenoxy) is 3. The Hall–Kier alpha value is -2.38. The second-order valence-corrected chi connectivity index (χ2v) is 7.56. The molecule has 3 atom stereocenters. The first-order valence-corrected chi connectivity index (χ1v) is 9.52. The molecule has 1 aliphatic carbocycles. The summed E-state index contributed by atoms with van der Waals surface area (Å²) in [4.78, 5) is 47.4. The van der Waals surface area contributed by atoms with Gasteiger partial charge in [-0.25, -0.2) is 4.79 Å². The number of esters is 3. The Labute approximate surface area is 165 Å². The van der Waals surface area contributed by atoms with E-state index in [1.54, 1.807) is 13.8 Å². The topological polar surface area (TPSA) is 116 Å². The molecule has 1 saturated carbocycles. The van der Waals surface area contributed by atoms with Crippen LogP contribution in [0.1, 0.15) is 52.9 Å². The molecule has 8 nitrogen and oxygen atoms in total. The maximum absolute atomic E-state index is 12.5. The zero-order valence-electron chi connectivity index (χ0n) is 16.8. The number of aliphatic carboxylic acids is 1. The van der Waals surface area contributed by atoms with Crippen LogP contribution in [0.15, 0.2) is 12.7 Å². The van der Waals surface area contributed by atoms with Crippen molar-refractivity contribution in [2.45, 2.75) is 59.0 Å². The molecule has 3 unspecified atom stereocenters. The van der Waals surface area contributed by atoms with Crippen molar-refractivity contribution in [2.24, 2.45) is 17.3 Å². The van der Waals surface area contributed by atoms with E-state index in [2.05, 4.69) is 6.58 Å². The van der Waals surface area contributed by atoms with Crippen LogP contribution in [0.4, 0.5) is 0 Å². The van der Waals surface area contributed by atoms with Gasteiger partial charge in [0.2, 0.25) is 0 Å². The van der Waals surface area contributed by atoms with E-state index in [0.29, 0.717) is 19.3 Å². The molecule has 0 bridgehead atoms. The Kier molecular flexibility index (Phi) is 9.15. The van der Waals surface area contributed by atoms with Crippen LogP contribution in [0, 0.1) is 17.3 Å². The highest BCUT2D eigenvalue weighted by Gasteiger charge is 2.38. The molecule has 0 aromatic heterocycles. The minimum Gasteiger partial charge on any atom is -0.481 e. The lowest BCUT2D eigenvalue weighted by Crippen LogP contribution is -2.39. The van der Waals surface area contributed by atoms with Gasteiger partial charge in [0.05, 0.1) is 17.3 Å². The highest BCUT2D eigenvalue weighted by molar-refractivity contribution is 5.82. The normalized spacial score (nSPS) is 20.5. The first kappa shape index (κ1) is 23.7. The summed E-state index contributed by atoms with van der Waals surface area (Å²) in [5.74, 6) is -4.47. The zero-order valence-corrected chi connectivity index (χ0v) is 16.8. The Morgan fingerprint density at radius 3 is 2.21 bits per heavy atom. The third-order valence-electron chi connectivity index (χ3n) is 5.08. The summed E-state index contributed by atoms with van der Waals surface area (Å²) in [6.45, 7) is 7.99. The van der Waals surface area contributed by atoms with E-state index in [9.17, 15) is 24.3 Å². The van der Waals surface area contributed by atoms with Gasteiger partial charge in [0.15, 0.2) is 6.10 Å². The minimum atomic E-state index is -1.03. The number of carbonyl (C=O) groups is 4. The molecular weight excluding hydrogens is 368 g/mol. The Morgan fingerprint density at radius 2 is 1.68 bits per heavy atom. The summed E-state index contributed by atoms with van der Waals surface area (Å²) in [7, 11) is 0. The zero-order chi connectivity index (χ0) is 21.3. The lowest BCUT2D eigenvalue weighted by Gasteiger charge is -2.29. The third kappa shape index (κ3) is 6.98. The first-order valence-electron chi connectivity index (χ1n) is 9.52. The fourth-order valence-electron chi connectivity index (χ4n) is 2.82. The number of rotatable bonds is 10. The minimum absolute atomic E-state index is 0.289. The second-order valence-electron chi connectivity index (χ2n) is 7.56. The molecule has 0 radical (unpaired) electrons. The largest absolute Gasteiger partial charge is 0.481 e. The van der Waals surface area contributed by atoms with Gasteiger partial charge in [0.1, 0.15) is 13.2 Å². The van der Waals surface area contributed by atoms with Crippen LogP contribution in [-0.4, -0.2) is 48.3 Å². The van der Waals surface area contributed by atoms with Crippen molar-refractivity contribution < 1.29 is 38.5 Å².